The summed E-state index contributed by atoms with van der Waals surface area (Å²) >= 11 is 0. The molecule has 2 rings (SSSR count). The number of benzene rings is 1. The monoisotopic (exact) mass is 483 g/mol. The molecule has 0 aliphatic rings. The average Bonchev–Trinajstić information content (AvgIpc) is 3.34. The van der Waals surface area contributed by atoms with Crippen LogP contribution < -0.4 is 5.48 Å². The Labute approximate surface area is 207 Å². The molecule has 0 spiro atoms. The lowest BCUT2D eigenvalue weighted by atomic mass is 10.1. The first-order valence-electron chi connectivity index (χ1n) is 12.0. The summed E-state index contributed by atoms with van der Waals surface area (Å²) in [6, 6.07) is 10.1. The van der Waals surface area contributed by atoms with Crippen molar-refractivity contribution >= 4 is 23.8 Å². The van der Waals surface area contributed by atoms with Crippen molar-refractivity contribution in [3.05, 3.63) is 60.4 Å². The van der Waals surface area contributed by atoms with E-state index in [1.807, 2.05) is 64.1 Å². The predicted molar refractivity (Wildman–Crippen MR) is 134 cm³/mol. The van der Waals surface area contributed by atoms with Crippen molar-refractivity contribution < 1.29 is 19.6 Å². The molecule has 1 aromatic carbocycles. The van der Waals surface area contributed by atoms with E-state index < -0.39 is 11.9 Å². The van der Waals surface area contributed by atoms with Crippen molar-refractivity contribution in [2.24, 2.45) is 11.8 Å². The summed E-state index contributed by atoms with van der Waals surface area (Å²) in [5, 5.41) is 16.2. The summed E-state index contributed by atoms with van der Waals surface area (Å²) in [7, 11) is 0. The van der Waals surface area contributed by atoms with Crippen molar-refractivity contribution in [2.75, 3.05) is 6.54 Å². The maximum absolute atomic E-state index is 13.5. The van der Waals surface area contributed by atoms with E-state index in [1.165, 1.54) is 14.7 Å². The minimum Gasteiger partial charge on any atom is -0.289 e. The van der Waals surface area contributed by atoms with Gasteiger partial charge in [0.25, 0.3) is 11.8 Å². The van der Waals surface area contributed by atoms with Crippen LogP contribution in [0.25, 0.3) is 6.08 Å². The molecule has 2 aromatic rings. The van der Waals surface area contributed by atoms with E-state index in [0.717, 1.165) is 5.56 Å². The van der Waals surface area contributed by atoms with E-state index in [4.69, 9.17) is 0 Å². The third-order valence-corrected chi connectivity index (χ3v) is 5.31. The fourth-order valence-electron chi connectivity index (χ4n) is 3.56. The quantitative estimate of drug-likeness (QED) is 0.355. The van der Waals surface area contributed by atoms with Crippen LogP contribution in [0, 0.1) is 11.8 Å². The maximum Gasteiger partial charge on any atom is 0.268 e. The van der Waals surface area contributed by atoms with Crippen LogP contribution in [0.15, 0.2) is 54.9 Å². The van der Waals surface area contributed by atoms with Crippen molar-refractivity contribution in [1.29, 1.82) is 0 Å². The number of rotatable bonds is 12. The van der Waals surface area contributed by atoms with Crippen molar-refractivity contribution in [2.45, 2.75) is 59.5 Å². The number of nitrogens with one attached hydrogen (secondary N) is 1. The van der Waals surface area contributed by atoms with E-state index >= 15 is 0 Å². The zero-order valence-electron chi connectivity index (χ0n) is 21.0. The normalized spacial score (nSPS) is 12.2. The van der Waals surface area contributed by atoms with Crippen LogP contribution in [0.1, 0.15) is 52.5 Å². The average molecular weight is 484 g/mol. The number of carbonyl (C=O) groups excluding carboxylic acids is 3. The minimum atomic E-state index is -1.11. The molecule has 35 heavy (non-hydrogen) atoms. The lowest BCUT2D eigenvalue weighted by Gasteiger charge is -2.40. The highest BCUT2D eigenvalue weighted by atomic mass is 16.5. The zero-order valence-corrected chi connectivity index (χ0v) is 21.0. The summed E-state index contributed by atoms with van der Waals surface area (Å²) in [6.45, 7) is 8.02. The highest BCUT2D eigenvalue weighted by Gasteiger charge is 2.36. The molecule has 3 amide bonds. The number of aromatic nitrogens is 2. The maximum atomic E-state index is 13.5. The molecule has 0 fully saturated rings. The zero-order chi connectivity index (χ0) is 25.8. The topological polar surface area (TPSA) is 108 Å². The summed E-state index contributed by atoms with van der Waals surface area (Å²) in [5.41, 5.74) is 2.62. The van der Waals surface area contributed by atoms with E-state index in [2.05, 4.69) is 5.10 Å². The first-order chi connectivity index (χ1) is 16.7. The number of hydrazine groups is 1. The van der Waals surface area contributed by atoms with E-state index in [-0.39, 0.29) is 49.6 Å². The highest BCUT2D eigenvalue weighted by molar-refractivity contribution is 5.89. The molecular weight excluding hydrogens is 446 g/mol. The van der Waals surface area contributed by atoms with Crippen LogP contribution in [0.3, 0.4) is 0 Å². The molecule has 2 N–H and O–H groups in total. The van der Waals surface area contributed by atoms with Gasteiger partial charge >= 0.3 is 0 Å². The highest BCUT2D eigenvalue weighted by Crippen LogP contribution is 2.18. The molecule has 9 heteroatoms. The van der Waals surface area contributed by atoms with Gasteiger partial charge < -0.3 is 0 Å². The lowest BCUT2D eigenvalue weighted by Crippen LogP contribution is -2.60. The third kappa shape index (κ3) is 9.01. The molecule has 0 saturated carbocycles. The third-order valence-electron chi connectivity index (χ3n) is 5.31. The molecule has 9 nitrogen and oxygen atoms in total. The molecule has 0 aliphatic heterocycles. The number of amides is 3. The number of nitrogens with zero attached hydrogens (tertiary/aromatic N) is 4. The van der Waals surface area contributed by atoms with E-state index in [0.29, 0.717) is 6.42 Å². The fraction of sp³-hybridized carbons (Fsp3) is 0.462. The van der Waals surface area contributed by atoms with Crippen molar-refractivity contribution in [1.82, 2.24) is 25.3 Å². The minimum absolute atomic E-state index is 0.0228. The van der Waals surface area contributed by atoms with Crippen LogP contribution in [-0.4, -0.2) is 55.3 Å². The van der Waals surface area contributed by atoms with Crippen molar-refractivity contribution in [3.63, 3.8) is 0 Å². The smallest absolute Gasteiger partial charge is 0.268 e. The second-order valence-electron chi connectivity index (χ2n) is 9.28. The molecule has 0 unspecified atom stereocenters. The first kappa shape index (κ1) is 27.8. The molecule has 0 aliphatic carbocycles. The van der Waals surface area contributed by atoms with E-state index in [9.17, 15) is 19.6 Å². The van der Waals surface area contributed by atoms with Crippen LogP contribution in [-0.2, 0) is 20.9 Å². The molecule has 1 heterocycles. The van der Waals surface area contributed by atoms with Gasteiger partial charge in [0, 0.05) is 25.4 Å². The SMILES string of the molecule is CC(C)CCC(=O)N([C@@H](CC=Cc1ccccc1)C(=O)NO)N(CC(C)C)C(=O)Cn1cccn1. The Balaban J connectivity index is 2.42. The standard InChI is InChI=1S/C26H37N5O4/c1-20(2)14-15-24(32)31(30(18-21(3)4)25(33)19-29-17-9-16-27-29)23(26(34)28-35)13-8-12-22-10-6-5-7-11-22/h5-12,16-17,20-21,23,35H,13-15,18-19H2,1-4H3,(H,28,34)/t23-/m0/s1. The summed E-state index contributed by atoms with van der Waals surface area (Å²) in [5.74, 6) is -1.20. The van der Waals surface area contributed by atoms with Crippen LogP contribution in [0.5, 0.6) is 0 Å². The Kier molecular flexibility index (Phi) is 11.2. The van der Waals surface area contributed by atoms with Crippen LogP contribution >= 0.6 is 0 Å². The van der Waals surface area contributed by atoms with Gasteiger partial charge in [-0.15, -0.1) is 0 Å². The second-order valence-corrected chi connectivity index (χ2v) is 9.28. The van der Waals surface area contributed by atoms with Gasteiger partial charge in [0.15, 0.2) is 0 Å². The number of hydrogen-bond acceptors (Lipinski definition) is 5. The van der Waals surface area contributed by atoms with Crippen molar-refractivity contribution in [3.8, 4) is 0 Å². The number of hydroxylamine groups is 1. The van der Waals surface area contributed by atoms with Gasteiger partial charge in [-0.3, -0.25) is 24.3 Å². The largest absolute Gasteiger partial charge is 0.289 e. The number of hydrogen-bond donors (Lipinski definition) is 2. The lowest BCUT2D eigenvalue weighted by molar-refractivity contribution is -0.175. The molecule has 0 bridgehead atoms. The Hall–Kier alpha value is -3.46. The predicted octanol–water partition coefficient (Wildman–Crippen LogP) is 3.53. The summed E-state index contributed by atoms with van der Waals surface area (Å²) in [6.07, 6.45) is 7.72. The first-order valence-corrected chi connectivity index (χ1v) is 12.0. The number of carbonyl (C=O) groups is 3. The summed E-state index contributed by atoms with van der Waals surface area (Å²) < 4.78 is 1.48. The molecular formula is C26H37N5O4. The van der Waals surface area contributed by atoms with Gasteiger partial charge in [-0.1, -0.05) is 70.2 Å². The van der Waals surface area contributed by atoms with Gasteiger partial charge in [0.1, 0.15) is 12.6 Å². The van der Waals surface area contributed by atoms with Gasteiger partial charge in [-0.25, -0.2) is 15.5 Å². The Morgan fingerprint density at radius 3 is 2.34 bits per heavy atom. The molecule has 0 saturated heterocycles. The van der Waals surface area contributed by atoms with Crippen LogP contribution in [0.2, 0.25) is 0 Å². The Morgan fingerprint density at radius 1 is 1.06 bits per heavy atom. The van der Waals surface area contributed by atoms with Gasteiger partial charge in [-0.2, -0.15) is 5.10 Å². The van der Waals surface area contributed by atoms with Gasteiger partial charge in [-0.05, 0) is 36.3 Å². The van der Waals surface area contributed by atoms with Gasteiger partial charge in [0.2, 0.25) is 5.91 Å². The van der Waals surface area contributed by atoms with Gasteiger partial charge in [0.05, 0.1) is 0 Å². The second kappa shape index (κ2) is 14.1. The fourth-order valence-corrected chi connectivity index (χ4v) is 3.56. The molecule has 1 aromatic heterocycles. The molecule has 1 atom stereocenters. The van der Waals surface area contributed by atoms with Crippen LogP contribution in [0.4, 0.5) is 0 Å². The van der Waals surface area contributed by atoms with E-state index in [1.54, 1.807) is 30.0 Å². The summed E-state index contributed by atoms with van der Waals surface area (Å²) in [4.78, 5) is 39.7. The Morgan fingerprint density at radius 2 is 1.77 bits per heavy atom. The Bertz CT molecular complexity index is 957. The molecule has 0 radical (unpaired) electrons. The molecule has 190 valence electrons.